The predicted molar refractivity (Wildman–Crippen MR) is 97.7 cm³/mol. The molecule has 5 aromatic rings. The number of benzene rings is 4. The maximum Gasteiger partial charge on any atom is 0.0545 e. The first-order chi connectivity index (χ1) is 11.4. The summed E-state index contributed by atoms with van der Waals surface area (Å²) < 4.78 is 0. The Balaban J connectivity index is 1.94. The SMILES string of the molecule is c1ccc2c(c1)-c1cccc3c1c-2cc1c2ccccc2[nH]c31. The van der Waals surface area contributed by atoms with E-state index >= 15 is 0 Å². The van der Waals surface area contributed by atoms with Gasteiger partial charge in [-0.3, -0.25) is 0 Å². The van der Waals surface area contributed by atoms with Crippen molar-refractivity contribution < 1.29 is 0 Å². The Morgan fingerprint density at radius 1 is 0.522 bits per heavy atom. The molecule has 106 valence electrons. The predicted octanol–water partition coefficient (Wildman–Crippen LogP) is 6.12. The number of aromatic amines is 1. The van der Waals surface area contributed by atoms with E-state index in [1.165, 1.54) is 54.8 Å². The smallest absolute Gasteiger partial charge is 0.0545 e. The average molecular weight is 291 g/mol. The van der Waals surface area contributed by atoms with Gasteiger partial charge in [0.15, 0.2) is 0 Å². The van der Waals surface area contributed by atoms with E-state index in [4.69, 9.17) is 0 Å². The minimum Gasteiger partial charge on any atom is -0.354 e. The van der Waals surface area contributed by atoms with Crippen molar-refractivity contribution in [3.05, 3.63) is 72.8 Å². The van der Waals surface area contributed by atoms with Gasteiger partial charge in [0, 0.05) is 21.7 Å². The highest BCUT2D eigenvalue weighted by molar-refractivity contribution is 6.26. The topological polar surface area (TPSA) is 15.8 Å². The zero-order valence-corrected chi connectivity index (χ0v) is 12.4. The van der Waals surface area contributed by atoms with Gasteiger partial charge in [-0.2, -0.15) is 0 Å². The molecule has 0 spiro atoms. The van der Waals surface area contributed by atoms with Gasteiger partial charge in [-0.25, -0.2) is 0 Å². The lowest BCUT2D eigenvalue weighted by molar-refractivity contribution is 1.56. The van der Waals surface area contributed by atoms with Crippen molar-refractivity contribution in [2.75, 3.05) is 0 Å². The molecule has 0 radical (unpaired) electrons. The zero-order valence-electron chi connectivity index (χ0n) is 12.4. The molecular formula is C22H13N. The fourth-order valence-corrected chi connectivity index (χ4v) is 4.18. The van der Waals surface area contributed by atoms with Gasteiger partial charge in [0.25, 0.3) is 0 Å². The standard InChI is InChI=1S/C22H13N/c1-2-7-14-13(6-1)16-9-5-10-17-21(16)18(14)12-19-15-8-3-4-11-20(15)23-22(17)19/h1-12,23H. The van der Waals surface area contributed by atoms with Crippen molar-refractivity contribution in [3.8, 4) is 22.3 Å². The minimum atomic E-state index is 1.21. The van der Waals surface area contributed by atoms with E-state index in [0.717, 1.165) is 0 Å². The van der Waals surface area contributed by atoms with Crippen LogP contribution in [0.2, 0.25) is 0 Å². The maximum absolute atomic E-state index is 3.63. The average Bonchev–Trinajstić information content (AvgIpc) is 3.14. The summed E-state index contributed by atoms with van der Waals surface area (Å²) in [6.07, 6.45) is 0. The Bertz CT molecular complexity index is 1260. The van der Waals surface area contributed by atoms with Crippen molar-refractivity contribution in [1.29, 1.82) is 0 Å². The minimum absolute atomic E-state index is 1.21. The van der Waals surface area contributed by atoms with Gasteiger partial charge in [0.05, 0.1) is 5.52 Å². The summed E-state index contributed by atoms with van der Waals surface area (Å²) >= 11 is 0. The van der Waals surface area contributed by atoms with Crippen LogP contribution >= 0.6 is 0 Å². The van der Waals surface area contributed by atoms with Crippen molar-refractivity contribution in [2.45, 2.75) is 0 Å². The van der Waals surface area contributed by atoms with Gasteiger partial charge in [-0.1, -0.05) is 60.7 Å². The third-order valence-electron chi connectivity index (χ3n) is 5.15. The van der Waals surface area contributed by atoms with Gasteiger partial charge >= 0.3 is 0 Å². The molecule has 0 aliphatic heterocycles. The molecule has 0 fully saturated rings. The number of rotatable bonds is 0. The van der Waals surface area contributed by atoms with Crippen LogP contribution in [0.1, 0.15) is 0 Å². The molecule has 1 nitrogen and oxygen atoms in total. The van der Waals surface area contributed by atoms with Crippen molar-refractivity contribution in [1.82, 2.24) is 4.98 Å². The van der Waals surface area contributed by atoms with Gasteiger partial charge in [0.1, 0.15) is 0 Å². The molecule has 0 unspecified atom stereocenters. The first-order valence-corrected chi connectivity index (χ1v) is 7.98. The van der Waals surface area contributed by atoms with Gasteiger partial charge in [-0.05, 0) is 39.8 Å². The highest BCUT2D eigenvalue weighted by Crippen LogP contribution is 2.49. The summed E-state index contributed by atoms with van der Waals surface area (Å²) in [5.41, 5.74) is 7.88. The van der Waals surface area contributed by atoms with Crippen LogP contribution in [0.15, 0.2) is 72.8 Å². The molecule has 0 saturated carbocycles. The number of hydrogen-bond donors (Lipinski definition) is 1. The third kappa shape index (κ3) is 1.29. The van der Waals surface area contributed by atoms with Crippen LogP contribution in [0.3, 0.4) is 0 Å². The Morgan fingerprint density at radius 2 is 1.22 bits per heavy atom. The van der Waals surface area contributed by atoms with E-state index in [0.29, 0.717) is 0 Å². The Morgan fingerprint density at radius 3 is 2.13 bits per heavy atom. The van der Waals surface area contributed by atoms with Crippen LogP contribution < -0.4 is 0 Å². The zero-order chi connectivity index (χ0) is 15.0. The van der Waals surface area contributed by atoms with Crippen LogP contribution in [-0.4, -0.2) is 4.98 Å². The number of nitrogens with one attached hydrogen (secondary N) is 1. The molecule has 1 heteroatoms. The number of fused-ring (bicyclic) bond motifs is 7. The van der Waals surface area contributed by atoms with Crippen molar-refractivity contribution in [3.63, 3.8) is 0 Å². The molecule has 1 aliphatic rings. The molecule has 6 rings (SSSR count). The van der Waals surface area contributed by atoms with E-state index in [2.05, 4.69) is 77.8 Å². The van der Waals surface area contributed by atoms with Gasteiger partial charge in [0.2, 0.25) is 0 Å². The molecule has 0 atom stereocenters. The van der Waals surface area contributed by atoms with E-state index in [1.807, 2.05) is 0 Å². The molecule has 4 aromatic carbocycles. The number of aromatic nitrogens is 1. The van der Waals surface area contributed by atoms with Crippen molar-refractivity contribution in [2.24, 2.45) is 0 Å². The van der Waals surface area contributed by atoms with Crippen LogP contribution in [0, 0.1) is 0 Å². The molecule has 0 amide bonds. The summed E-state index contributed by atoms with van der Waals surface area (Å²) in [4.78, 5) is 3.63. The normalized spacial score (nSPS) is 12.3. The monoisotopic (exact) mass is 291 g/mol. The summed E-state index contributed by atoms with van der Waals surface area (Å²) in [6, 6.07) is 26.3. The fourth-order valence-electron chi connectivity index (χ4n) is 4.18. The Kier molecular flexibility index (Phi) is 1.91. The third-order valence-corrected chi connectivity index (χ3v) is 5.15. The lowest BCUT2D eigenvalue weighted by atomic mass is 9.99. The van der Waals surface area contributed by atoms with Gasteiger partial charge < -0.3 is 4.98 Å². The number of H-pyrrole nitrogens is 1. The number of hydrogen-bond acceptors (Lipinski definition) is 0. The second-order valence-corrected chi connectivity index (χ2v) is 6.29. The Hall–Kier alpha value is -3.06. The van der Waals surface area contributed by atoms with Crippen LogP contribution in [0.5, 0.6) is 0 Å². The van der Waals surface area contributed by atoms with E-state index in [-0.39, 0.29) is 0 Å². The molecule has 1 heterocycles. The summed E-state index contributed by atoms with van der Waals surface area (Å²) in [6.45, 7) is 0. The highest BCUT2D eigenvalue weighted by atomic mass is 14.7. The largest absolute Gasteiger partial charge is 0.354 e. The van der Waals surface area contributed by atoms with Crippen LogP contribution in [0.25, 0.3) is 54.8 Å². The molecule has 23 heavy (non-hydrogen) atoms. The lowest BCUT2D eigenvalue weighted by Crippen LogP contribution is -1.78. The summed E-state index contributed by atoms with van der Waals surface area (Å²) in [5.74, 6) is 0. The molecular weight excluding hydrogens is 278 g/mol. The first-order valence-electron chi connectivity index (χ1n) is 7.98. The summed E-state index contributed by atoms with van der Waals surface area (Å²) in [7, 11) is 0. The molecule has 1 N–H and O–H groups in total. The molecule has 1 aliphatic carbocycles. The molecule has 1 aromatic heterocycles. The first kappa shape index (κ1) is 11.5. The number of para-hydroxylation sites is 1. The second kappa shape index (κ2) is 3.82. The molecule has 0 saturated heterocycles. The van der Waals surface area contributed by atoms with Crippen LogP contribution in [0.4, 0.5) is 0 Å². The van der Waals surface area contributed by atoms with E-state index in [1.54, 1.807) is 0 Å². The lowest BCUT2D eigenvalue weighted by Gasteiger charge is -2.04. The van der Waals surface area contributed by atoms with Crippen LogP contribution in [-0.2, 0) is 0 Å². The maximum atomic E-state index is 3.63. The summed E-state index contributed by atoms with van der Waals surface area (Å²) in [5, 5.41) is 5.32. The molecule has 0 bridgehead atoms. The van der Waals surface area contributed by atoms with Crippen molar-refractivity contribution >= 4 is 32.6 Å². The second-order valence-electron chi connectivity index (χ2n) is 6.29. The highest BCUT2D eigenvalue weighted by Gasteiger charge is 2.23. The quantitative estimate of drug-likeness (QED) is 0.347. The fraction of sp³-hybridized carbons (Fsp3) is 0. The van der Waals surface area contributed by atoms with E-state index < -0.39 is 0 Å². The Labute approximate surface area is 133 Å². The van der Waals surface area contributed by atoms with E-state index in [9.17, 15) is 0 Å². The van der Waals surface area contributed by atoms with Gasteiger partial charge in [-0.15, -0.1) is 0 Å².